The molecule has 0 spiro atoms. The molecule has 80 valence electrons. The highest BCUT2D eigenvalue weighted by atomic mass is 16.1. The average Bonchev–Trinajstić information content (AvgIpc) is 2.64. The van der Waals surface area contributed by atoms with Gasteiger partial charge in [-0.3, -0.25) is 4.79 Å². The molecule has 0 aliphatic carbocycles. The Bertz CT molecular complexity index is 575. The summed E-state index contributed by atoms with van der Waals surface area (Å²) in [6.45, 7) is 0.250. The number of terminal acetylenes is 1. The van der Waals surface area contributed by atoms with Crippen molar-refractivity contribution < 1.29 is 4.79 Å². The molecule has 2 rings (SSSR count). The summed E-state index contributed by atoms with van der Waals surface area (Å²) in [5.74, 6) is 2.24. The number of aryl methyl sites for hydroxylation is 1. The van der Waals surface area contributed by atoms with Gasteiger partial charge in [0.1, 0.15) is 5.69 Å². The van der Waals surface area contributed by atoms with Gasteiger partial charge in [0.05, 0.1) is 6.54 Å². The molecule has 0 atom stereocenters. The van der Waals surface area contributed by atoms with Crippen LogP contribution in [-0.2, 0) is 7.05 Å². The first-order valence-electron chi connectivity index (χ1n) is 5.00. The molecule has 1 aromatic carbocycles. The van der Waals surface area contributed by atoms with Crippen molar-refractivity contribution in [2.45, 2.75) is 0 Å². The van der Waals surface area contributed by atoms with Crippen LogP contribution < -0.4 is 5.32 Å². The molecule has 1 heterocycles. The van der Waals surface area contributed by atoms with E-state index in [2.05, 4.69) is 11.2 Å². The predicted octanol–water partition coefficient (Wildman–Crippen LogP) is 1.54. The minimum Gasteiger partial charge on any atom is -0.340 e. The van der Waals surface area contributed by atoms with Crippen LogP contribution in [0, 0.1) is 12.3 Å². The van der Waals surface area contributed by atoms with Crippen molar-refractivity contribution in [3.8, 4) is 12.3 Å². The number of fused-ring (bicyclic) bond motifs is 1. The summed E-state index contributed by atoms with van der Waals surface area (Å²) in [5, 5.41) is 3.71. The fourth-order valence-corrected chi connectivity index (χ4v) is 1.73. The van der Waals surface area contributed by atoms with Gasteiger partial charge in [0.25, 0.3) is 5.91 Å². The lowest BCUT2D eigenvalue weighted by Crippen LogP contribution is -2.25. The summed E-state index contributed by atoms with van der Waals surface area (Å²) in [6.07, 6.45) is 5.10. The molecule has 0 radical (unpaired) electrons. The number of amides is 1. The lowest BCUT2D eigenvalue weighted by molar-refractivity contribution is 0.0951. The number of hydrogen-bond acceptors (Lipinski definition) is 1. The fraction of sp³-hybridized carbons (Fsp3) is 0.154. The Labute approximate surface area is 94.1 Å². The van der Waals surface area contributed by atoms with Crippen LogP contribution in [0.25, 0.3) is 10.9 Å². The van der Waals surface area contributed by atoms with Crippen molar-refractivity contribution in [3.05, 3.63) is 36.0 Å². The van der Waals surface area contributed by atoms with Gasteiger partial charge in [-0.2, -0.15) is 0 Å². The highest BCUT2D eigenvalue weighted by Gasteiger charge is 2.11. The SMILES string of the molecule is C#CCNC(=O)c1cc2ccccc2n1C. The largest absolute Gasteiger partial charge is 0.340 e. The van der Waals surface area contributed by atoms with E-state index in [-0.39, 0.29) is 12.5 Å². The minimum atomic E-state index is -0.142. The Morgan fingerprint density at radius 2 is 2.25 bits per heavy atom. The molecule has 0 saturated heterocycles. The van der Waals surface area contributed by atoms with Crippen molar-refractivity contribution in [3.63, 3.8) is 0 Å². The highest BCUT2D eigenvalue weighted by Crippen LogP contribution is 2.17. The molecule has 0 fully saturated rings. The Kier molecular flexibility index (Phi) is 2.65. The summed E-state index contributed by atoms with van der Waals surface area (Å²) >= 11 is 0. The molecule has 16 heavy (non-hydrogen) atoms. The Hall–Kier alpha value is -2.21. The van der Waals surface area contributed by atoms with Crippen LogP contribution in [0.1, 0.15) is 10.5 Å². The Balaban J connectivity index is 2.42. The number of benzene rings is 1. The second-order valence-corrected chi connectivity index (χ2v) is 3.53. The number of nitrogens with one attached hydrogen (secondary N) is 1. The molecule has 0 bridgehead atoms. The Morgan fingerprint density at radius 3 is 2.94 bits per heavy atom. The maximum absolute atomic E-state index is 11.8. The molecule has 1 aromatic heterocycles. The summed E-state index contributed by atoms with van der Waals surface area (Å²) < 4.78 is 1.86. The van der Waals surface area contributed by atoms with E-state index in [1.807, 2.05) is 41.9 Å². The van der Waals surface area contributed by atoms with Gasteiger partial charge in [0.15, 0.2) is 0 Å². The first kappa shape index (κ1) is 10.3. The van der Waals surface area contributed by atoms with Gasteiger partial charge in [-0.05, 0) is 12.1 Å². The topological polar surface area (TPSA) is 34.0 Å². The third kappa shape index (κ3) is 1.66. The lowest BCUT2D eigenvalue weighted by Gasteiger charge is -2.03. The molecule has 1 amide bonds. The molecule has 0 saturated carbocycles. The molecule has 3 heteroatoms. The van der Waals surface area contributed by atoms with E-state index >= 15 is 0 Å². The number of para-hydroxylation sites is 1. The third-order valence-corrected chi connectivity index (χ3v) is 2.54. The van der Waals surface area contributed by atoms with Crippen LogP contribution in [0.4, 0.5) is 0 Å². The molecule has 1 N–H and O–H groups in total. The summed E-state index contributed by atoms with van der Waals surface area (Å²) in [7, 11) is 1.87. The first-order chi connectivity index (χ1) is 7.74. The van der Waals surface area contributed by atoms with Gasteiger partial charge in [0, 0.05) is 18.0 Å². The standard InChI is InChI=1S/C13H12N2O/c1-3-8-14-13(16)12-9-10-6-4-5-7-11(10)15(12)2/h1,4-7,9H,8H2,2H3,(H,14,16). The van der Waals surface area contributed by atoms with E-state index in [4.69, 9.17) is 6.42 Å². The molecule has 0 unspecified atom stereocenters. The van der Waals surface area contributed by atoms with Gasteiger partial charge in [-0.1, -0.05) is 24.1 Å². The normalized spacial score (nSPS) is 10.0. The maximum atomic E-state index is 11.8. The van der Waals surface area contributed by atoms with E-state index in [0.717, 1.165) is 10.9 Å². The number of carbonyl (C=O) groups excluding carboxylic acids is 1. The molecule has 3 nitrogen and oxygen atoms in total. The second-order valence-electron chi connectivity index (χ2n) is 3.53. The second kappa shape index (κ2) is 4.11. The summed E-state index contributed by atoms with van der Waals surface area (Å²) in [4.78, 5) is 11.8. The number of nitrogens with zero attached hydrogens (tertiary/aromatic N) is 1. The molecular formula is C13H12N2O. The summed E-state index contributed by atoms with van der Waals surface area (Å²) in [5.41, 5.74) is 1.66. The highest BCUT2D eigenvalue weighted by molar-refractivity contribution is 5.98. The predicted molar refractivity (Wildman–Crippen MR) is 64.1 cm³/mol. The first-order valence-corrected chi connectivity index (χ1v) is 5.00. The van der Waals surface area contributed by atoms with Gasteiger partial charge >= 0.3 is 0 Å². The van der Waals surface area contributed by atoms with Crippen LogP contribution in [0.2, 0.25) is 0 Å². The van der Waals surface area contributed by atoms with E-state index in [9.17, 15) is 4.79 Å². The maximum Gasteiger partial charge on any atom is 0.268 e. The van der Waals surface area contributed by atoms with Gasteiger partial charge < -0.3 is 9.88 Å². The van der Waals surface area contributed by atoms with Crippen molar-refractivity contribution in [2.24, 2.45) is 7.05 Å². The number of aromatic nitrogens is 1. The summed E-state index contributed by atoms with van der Waals surface area (Å²) in [6, 6.07) is 9.72. The van der Waals surface area contributed by atoms with Gasteiger partial charge in [-0.25, -0.2) is 0 Å². The van der Waals surface area contributed by atoms with E-state index in [0.29, 0.717) is 5.69 Å². The number of hydrogen-bond donors (Lipinski definition) is 1. The van der Waals surface area contributed by atoms with E-state index in [1.54, 1.807) is 0 Å². The zero-order valence-corrected chi connectivity index (χ0v) is 9.03. The monoisotopic (exact) mass is 212 g/mol. The minimum absolute atomic E-state index is 0.142. The average molecular weight is 212 g/mol. The van der Waals surface area contributed by atoms with Crippen molar-refractivity contribution in [1.29, 1.82) is 0 Å². The van der Waals surface area contributed by atoms with Crippen molar-refractivity contribution in [1.82, 2.24) is 9.88 Å². The Morgan fingerprint density at radius 1 is 1.50 bits per heavy atom. The zero-order valence-electron chi connectivity index (χ0n) is 9.03. The van der Waals surface area contributed by atoms with Crippen LogP contribution in [0.5, 0.6) is 0 Å². The van der Waals surface area contributed by atoms with Crippen molar-refractivity contribution >= 4 is 16.8 Å². The van der Waals surface area contributed by atoms with Crippen LogP contribution >= 0.6 is 0 Å². The fourth-order valence-electron chi connectivity index (χ4n) is 1.73. The zero-order chi connectivity index (χ0) is 11.5. The van der Waals surface area contributed by atoms with Crippen LogP contribution in [0.15, 0.2) is 30.3 Å². The lowest BCUT2D eigenvalue weighted by atomic mass is 10.2. The molecular weight excluding hydrogens is 200 g/mol. The molecule has 2 aromatic rings. The van der Waals surface area contributed by atoms with Crippen LogP contribution in [-0.4, -0.2) is 17.0 Å². The van der Waals surface area contributed by atoms with E-state index in [1.165, 1.54) is 0 Å². The quantitative estimate of drug-likeness (QED) is 0.753. The van der Waals surface area contributed by atoms with Crippen molar-refractivity contribution in [2.75, 3.05) is 6.54 Å². The third-order valence-electron chi connectivity index (χ3n) is 2.54. The smallest absolute Gasteiger partial charge is 0.268 e. The molecule has 0 aliphatic heterocycles. The molecule has 0 aliphatic rings. The van der Waals surface area contributed by atoms with Gasteiger partial charge in [-0.15, -0.1) is 6.42 Å². The van der Waals surface area contributed by atoms with Gasteiger partial charge in [0.2, 0.25) is 0 Å². The number of rotatable bonds is 2. The van der Waals surface area contributed by atoms with E-state index < -0.39 is 0 Å². The van der Waals surface area contributed by atoms with Crippen LogP contribution in [0.3, 0.4) is 0 Å². The number of carbonyl (C=O) groups is 1.